The van der Waals surface area contributed by atoms with Gasteiger partial charge in [-0.2, -0.15) is 13.2 Å². The average molecular weight is 419 g/mol. The number of carbonyl (C=O) groups excluding carboxylic acids is 1. The molecule has 10 heteroatoms. The van der Waals surface area contributed by atoms with E-state index < -0.39 is 23.7 Å². The lowest BCUT2D eigenvalue weighted by molar-refractivity contribution is -0.138. The van der Waals surface area contributed by atoms with Crippen molar-refractivity contribution in [1.29, 1.82) is 0 Å². The maximum atomic E-state index is 13.4. The molecule has 0 aromatic heterocycles. The fourth-order valence-corrected chi connectivity index (χ4v) is 3.44. The van der Waals surface area contributed by atoms with Crippen molar-refractivity contribution in [1.82, 2.24) is 26.4 Å². The van der Waals surface area contributed by atoms with E-state index in [0.717, 1.165) is 6.07 Å². The Bertz CT molecular complexity index is 954. The van der Waals surface area contributed by atoms with Crippen LogP contribution in [0.1, 0.15) is 17.2 Å². The highest BCUT2D eigenvalue weighted by atomic mass is 19.4. The third kappa shape index (κ3) is 3.91. The monoisotopic (exact) mass is 419 g/mol. The zero-order chi connectivity index (χ0) is 21.3. The smallest absolute Gasteiger partial charge is 0.365 e. The number of dihydropyridines is 1. The minimum absolute atomic E-state index is 0.0797. The van der Waals surface area contributed by atoms with Gasteiger partial charge in [0.05, 0.1) is 11.6 Å². The minimum atomic E-state index is -4.48. The second-order valence-electron chi connectivity index (χ2n) is 6.81. The Kier molecular flexibility index (Phi) is 5.27. The molecule has 4 rings (SSSR count). The number of nitrogens with one attached hydrogen (secondary N) is 4. The second kappa shape index (κ2) is 7.88. The first-order valence-corrected chi connectivity index (χ1v) is 9.22. The Morgan fingerprint density at radius 3 is 2.77 bits per heavy atom. The number of hydrogen-bond donors (Lipinski definition) is 4. The third-order valence-electron chi connectivity index (χ3n) is 4.88. The van der Waals surface area contributed by atoms with Gasteiger partial charge in [-0.05, 0) is 29.9 Å². The van der Waals surface area contributed by atoms with Gasteiger partial charge in [-0.3, -0.25) is 9.80 Å². The second-order valence-corrected chi connectivity index (χ2v) is 6.81. The molecule has 0 saturated heterocycles. The van der Waals surface area contributed by atoms with E-state index in [4.69, 9.17) is 4.74 Å². The lowest BCUT2D eigenvalue weighted by Crippen LogP contribution is -2.51. The fraction of sp³-hybridized carbons (Fsp3) is 0.250. The zero-order valence-electron chi connectivity index (χ0n) is 15.9. The number of nitrogens with zero attached hydrogens (tertiary/aromatic N) is 1. The molecule has 0 aliphatic carbocycles. The number of amides is 1. The van der Waals surface area contributed by atoms with Gasteiger partial charge >= 0.3 is 6.18 Å². The summed E-state index contributed by atoms with van der Waals surface area (Å²) in [6.07, 6.45) is 4.85. The number of fused-ring (bicyclic) bond motifs is 1. The summed E-state index contributed by atoms with van der Waals surface area (Å²) in [5, 5.41) is 10.2. The molecular weight excluding hydrogens is 399 g/mol. The zero-order valence-corrected chi connectivity index (χ0v) is 15.9. The Morgan fingerprint density at radius 2 is 2.00 bits per heavy atom. The summed E-state index contributed by atoms with van der Waals surface area (Å²) in [7, 11) is 1.53. The molecule has 1 amide bonds. The molecule has 1 aromatic carbocycles. The molecule has 7 nitrogen and oxygen atoms in total. The van der Waals surface area contributed by atoms with Crippen LogP contribution in [0.25, 0.3) is 0 Å². The molecule has 0 spiro atoms. The topological polar surface area (TPSA) is 77.7 Å². The van der Waals surface area contributed by atoms with Crippen LogP contribution in [0.3, 0.4) is 0 Å². The summed E-state index contributed by atoms with van der Waals surface area (Å²) in [4.78, 5) is 12.8. The summed E-state index contributed by atoms with van der Waals surface area (Å²) in [5.41, 5.74) is 2.61. The number of hydrogen-bond acceptors (Lipinski definition) is 6. The minimum Gasteiger partial charge on any atom is -0.365 e. The first-order valence-electron chi connectivity index (χ1n) is 9.22. The van der Waals surface area contributed by atoms with Gasteiger partial charge < -0.3 is 20.7 Å². The lowest BCUT2D eigenvalue weighted by atomic mass is 9.99. The van der Waals surface area contributed by atoms with Crippen LogP contribution in [-0.4, -0.2) is 30.4 Å². The van der Waals surface area contributed by atoms with Gasteiger partial charge in [-0.15, -0.1) is 0 Å². The van der Waals surface area contributed by atoms with Crippen molar-refractivity contribution in [2.24, 2.45) is 0 Å². The number of methoxy groups -OCH3 is 1. The summed E-state index contributed by atoms with van der Waals surface area (Å²) < 4.78 is 45.4. The van der Waals surface area contributed by atoms with E-state index in [-0.39, 0.29) is 23.7 Å². The number of hydrazine groups is 1. The average Bonchev–Trinajstić information content (AvgIpc) is 3.16. The SMILES string of the molecule is COC1C=CC=C(NC(=O)C2=CNC3C=CC(c4ccccc4C(F)(F)F)NN23)N1. The van der Waals surface area contributed by atoms with Gasteiger partial charge in [0.15, 0.2) is 0 Å². The molecule has 158 valence electrons. The number of halogens is 3. The van der Waals surface area contributed by atoms with Crippen molar-refractivity contribution in [3.05, 3.63) is 83.5 Å². The quantitative estimate of drug-likeness (QED) is 0.560. The van der Waals surface area contributed by atoms with Gasteiger partial charge in [-0.1, -0.05) is 30.4 Å². The largest absolute Gasteiger partial charge is 0.416 e. The van der Waals surface area contributed by atoms with E-state index in [9.17, 15) is 18.0 Å². The Hall–Kier alpha value is -3.24. The van der Waals surface area contributed by atoms with Gasteiger partial charge in [0, 0.05) is 13.3 Å². The molecular formula is C20H20F3N5O2. The maximum absolute atomic E-state index is 13.4. The molecule has 4 N–H and O–H groups in total. The highest BCUT2D eigenvalue weighted by molar-refractivity contribution is 5.94. The van der Waals surface area contributed by atoms with Crippen LogP contribution in [0, 0.1) is 0 Å². The van der Waals surface area contributed by atoms with Crippen molar-refractivity contribution in [2.45, 2.75) is 24.6 Å². The fourth-order valence-electron chi connectivity index (χ4n) is 3.44. The lowest BCUT2D eigenvalue weighted by Gasteiger charge is -2.35. The molecule has 3 atom stereocenters. The molecule has 3 aliphatic heterocycles. The molecule has 0 bridgehead atoms. The summed E-state index contributed by atoms with van der Waals surface area (Å²) in [5.74, 6) is 0.0183. The predicted molar refractivity (Wildman–Crippen MR) is 103 cm³/mol. The van der Waals surface area contributed by atoms with E-state index >= 15 is 0 Å². The van der Waals surface area contributed by atoms with Crippen LogP contribution < -0.4 is 21.4 Å². The normalized spacial score (nSPS) is 25.1. The van der Waals surface area contributed by atoms with Gasteiger partial charge in [0.25, 0.3) is 5.91 Å². The van der Waals surface area contributed by atoms with E-state index in [0.29, 0.717) is 5.82 Å². The van der Waals surface area contributed by atoms with Crippen LogP contribution in [0.15, 0.2) is 72.4 Å². The van der Waals surface area contributed by atoms with Crippen molar-refractivity contribution >= 4 is 5.91 Å². The van der Waals surface area contributed by atoms with E-state index in [2.05, 4.69) is 21.4 Å². The van der Waals surface area contributed by atoms with Crippen LogP contribution in [0.5, 0.6) is 0 Å². The standard InChI is InChI=1S/C20H20F3N5O2/c1-30-18-8-4-7-16(25-18)26-19(29)15-11-24-17-10-9-14(27-28(15)17)12-5-2-3-6-13(12)20(21,22)23/h2-11,14,17-18,24-25,27H,1H3,(H,26,29). The number of alkyl halides is 3. The summed E-state index contributed by atoms with van der Waals surface area (Å²) >= 11 is 0. The van der Waals surface area contributed by atoms with Crippen molar-refractivity contribution in [3.63, 3.8) is 0 Å². The molecule has 3 heterocycles. The molecule has 0 radical (unpaired) electrons. The van der Waals surface area contributed by atoms with Gasteiger partial charge in [0.2, 0.25) is 0 Å². The molecule has 3 unspecified atom stereocenters. The molecule has 3 aliphatic rings. The van der Waals surface area contributed by atoms with Crippen molar-refractivity contribution in [2.75, 3.05) is 7.11 Å². The molecule has 30 heavy (non-hydrogen) atoms. The highest BCUT2D eigenvalue weighted by Gasteiger charge is 2.38. The molecule has 0 fully saturated rings. The van der Waals surface area contributed by atoms with E-state index in [1.54, 1.807) is 36.4 Å². The van der Waals surface area contributed by atoms with Crippen LogP contribution in [-0.2, 0) is 15.7 Å². The first kappa shape index (κ1) is 20.0. The number of ether oxygens (including phenoxy) is 1. The van der Waals surface area contributed by atoms with Crippen LogP contribution in [0.4, 0.5) is 13.2 Å². The van der Waals surface area contributed by atoms with Crippen LogP contribution in [0.2, 0.25) is 0 Å². The molecule has 0 saturated carbocycles. The Labute approximate surface area is 170 Å². The van der Waals surface area contributed by atoms with E-state index in [1.807, 2.05) is 0 Å². The van der Waals surface area contributed by atoms with Crippen molar-refractivity contribution in [3.8, 4) is 0 Å². The van der Waals surface area contributed by atoms with Gasteiger partial charge in [-0.25, -0.2) is 5.43 Å². The Morgan fingerprint density at radius 1 is 1.20 bits per heavy atom. The maximum Gasteiger partial charge on any atom is 0.416 e. The predicted octanol–water partition coefficient (Wildman–Crippen LogP) is 1.98. The number of benzene rings is 1. The van der Waals surface area contributed by atoms with E-state index in [1.165, 1.54) is 30.5 Å². The van der Waals surface area contributed by atoms with Crippen LogP contribution >= 0.6 is 0 Å². The molecule has 1 aromatic rings. The van der Waals surface area contributed by atoms with Gasteiger partial charge in [0.1, 0.15) is 23.9 Å². The number of allylic oxidation sites excluding steroid dienone is 2. The number of carbonyl (C=O) groups is 1. The Balaban J connectivity index is 1.51. The highest BCUT2D eigenvalue weighted by Crippen LogP contribution is 2.36. The summed E-state index contributed by atoms with van der Waals surface area (Å²) in [6, 6.07) is 4.63. The third-order valence-corrected chi connectivity index (χ3v) is 4.88. The summed E-state index contributed by atoms with van der Waals surface area (Å²) in [6.45, 7) is 0. The first-order chi connectivity index (χ1) is 14.4. The van der Waals surface area contributed by atoms with Crippen molar-refractivity contribution < 1.29 is 22.7 Å². The number of rotatable bonds is 4.